The van der Waals surface area contributed by atoms with E-state index in [1.807, 2.05) is 6.92 Å². The lowest BCUT2D eigenvalue weighted by molar-refractivity contribution is -0.118. The van der Waals surface area contributed by atoms with Gasteiger partial charge in [0.1, 0.15) is 0 Å². The minimum atomic E-state index is -0.675. The van der Waals surface area contributed by atoms with Gasteiger partial charge >= 0.3 is 0 Å². The largest absolute Gasteiger partial charge is 0.393 e. The van der Waals surface area contributed by atoms with E-state index in [0.717, 1.165) is 32.1 Å². The molecule has 1 aromatic carbocycles. The van der Waals surface area contributed by atoms with Crippen molar-refractivity contribution >= 4 is 40.1 Å². The average molecular weight is 564 g/mol. The Hall–Kier alpha value is -2.00. The first-order valence-corrected chi connectivity index (χ1v) is 12.6. The molecule has 7 heteroatoms. The zero-order chi connectivity index (χ0) is 24.3. The summed E-state index contributed by atoms with van der Waals surface area (Å²) < 4.78 is 2.88. The Balaban J connectivity index is 1.68. The number of carbonyl (C=O) groups is 3. The molecule has 1 saturated carbocycles. The SMILES string of the molecule is Cc1cc(CCCC(=O)c2c(C)c(C(=O)C(=O)N[C@H]3CCC[C@H](O)C3)n(C)c2C)ccc1I. The van der Waals surface area contributed by atoms with E-state index >= 15 is 0 Å². The molecular formula is C26H33IN2O4. The molecule has 3 rings (SSSR count). The minimum Gasteiger partial charge on any atom is -0.393 e. The van der Waals surface area contributed by atoms with Crippen LogP contribution in [0.5, 0.6) is 0 Å². The molecule has 0 radical (unpaired) electrons. The summed E-state index contributed by atoms with van der Waals surface area (Å²) in [7, 11) is 1.72. The highest BCUT2D eigenvalue weighted by Gasteiger charge is 2.30. The number of nitrogens with one attached hydrogen (secondary N) is 1. The summed E-state index contributed by atoms with van der Waals surface area (Å²) in [6, 6.07) is 6.15. The van der Waals surface area contributed by atoms with Crippen molar-refractivity contribution < 1.29 is 19.5 Å². The number of halogens is 1. The van der Waals surface area contributed by atoms with E-state index in [4.69, 9.17) is 0 Å². The van der Waals surface area contributed by atoms with Gasteiger partial charge in [0.15, 0.2) is 5.78 Å². The first kappa shape index (κ1) is 25.6. The van der Waals surface area contributed by atoms with E-state index in [0.29, 0.717) is 29.7 Å². The fraction of sp³-hybridized carbons (Fsp3) is 0.500. The van der Waals surface area contributed by atoms with Gasteiger partial charge in [-0.25, -0.2) is 0 Å². The maximum atomic E-state index is 13.1. The third-order valence-corrected chi connectivity index (χ3v) is 7.91. The number of rotatable bonds is 8. The summed E-state index contributed by atoms with van der Waals surface area (Å²) >= 11 is 2.31. The average Bonchev–Trinajstić information content (AvgIpc) is 2.98. The topological polar surface area (TPSA) is 88.4 Å². The molecule has 0 saturated heterocycles. The number of aryl methyl sites for hydroxylation is 2. The van der Waals surface area contributed by atoms with Crippen LogP contribution in [0.4, 0.5) is 0 Å². The number of hydrogen-bond donors (Lipinski definition) is 2. The van der Waals surface area contributed by atoms with E-state index in [9.17, 15) is 19.5 Å². The second-order valence-corrected chi connectivity index (χ2v) is 10.3. The Morgan fingerprint density at radius 1 is 1.18 bits per heavy atom. The molecule has 2 aromatic rings. The molecule has 2 atom stereocenters. The molecule has 1 fully saturated rings. The van der Waals surface area contributed by atoms with Crippen LogP contribution in [0.15, 0.2) is 18.2 Å². The van der Waals surface area contributed by atoms with Gasteiger partial charge in [-0.15, -0.1) is 0 Å². The van der Waals surface area contributed by atoms with E-state index < -0.39 is 17.8 Å². The first-order valence-electron chi connectivity index (χ1n) is 11.6. The predicted molar refractivity (Wildman–Crippen MR) is 137 cm³/mol. The lowest BCUT2D eigenvalue weighted by Gasteiger charge is -2.26. The van der Waals surface area contributed by atoms with Gasteiger partial charge in [0.05, 0.1) is 11.8 Å². The zero-order valence-electron chi connectivity index (χ0n) is 19.8. The van der Waals surface area contributed by atoms with Crippen LogP contribution in [0.2, 0.25) is 0 Å². The summed E-state index contributed by atoms with van der Waals surface area (Å²) in [6.45, 7) is 5.64. The second kappa shape index (κ2) is 11.0. The quantitative estimate of drug-likeness (QED) is 0.283. The van der Waals surface area contributed by atoms with Crippen LogP contribution in [-0.2, 0) is 18.3 Å². The van der Waals surface area contributed by atoms with Crippen LogP contribution in [0, 0.1) is 24.3 Å². The van der Waals surface area contributed by atoms with Gasteiger partial charge in [-0.2, -0.15) is 0 Å². The molecular weight excluding hydrogens is 531 g/mol. The summed E-state index contributed by atoms with van der Waals surface area (Å²) in [5.74, 6) is -1.31. The second-order valence-electron chi connectivity index (χ2n) is 9.17. The van der Waals surface area contributed by atoms with Gasteiger partial charge in [-0.3, -0.25) is 14.4 Å². The first-order chi connectivity index (χ1) is 15.6. The van der Waals surface area contributed by atoms with E-state index in [1.165, 1.54) is 14.7 Å². The molecule has 1 amide bonds. The van der Waals surface area contributed by atoms with Gasteiger partial charge in [0.2, 0.25) is 0 Å². The van der Waals surface area contributed by atoms with Crippen LogP contribution in [0.25, 0.3) is 0 Å². The predicted octanol–water partition coefficient (Wildman–Crippen LogP) is 4.36. The Morgan fingerprint density at radius 2 is 1.91 bits per heavy atom. The number of Topliss-reactive ketones (excluding diaryl/α,β-unsaturated/α-hetero) is 2. The number of benzene rings is 1. The molecule has 0 spiro atoms. The normalized spacial score (nSPS) is 18.2. The number of aliphatic hydroxyl groups excluding tert-OH is 1. The van der Waals surface area contributed by atoms with Gasteiger partial charge in [0, 0.05) is 34.3 Å². The summed E-state index contributed by atoms with van der Waals surface area (Å²) in [5, 5.41) is 12.6. The number of aliphatic hydroxyl groups is 1. The van der Waals surface area contributed by atoms with Crippen molar-refractivity contribution in [3.8, 4) is 0 Å². The van der Waals surface area contributed by atoms with Crippen LogP contribution < -0.4 is 5.32 Å². The highest BCUT2D eigenvalue weighted by Crippen LogP contribution is 2.25. The number of ketones is 2. The number of carbonyl (C=O) groups excluding carboxylic acids is 3. The molecule has 33 heavy (non-hydrogen) atoms. The van der Waals surface area contributed by atoms with E-state index in [2.05, 4.69) is 53.0 Å². The van der Waals surface area contributed by atoms with Crippen molar-refractivity contribution in [1.82, 2.24) is 9.88 Å². The minimum absolute atomic E-state index is 0.00213. The standard InChI is InChI=1S/C26H33IN2O4/c1-15-13-18(11-12-21(15)27)7-5-10-22(31)23-16(2)24(29(4)17(23)3)25(32)26(33)28-19-8-6-9-20(30)14-19/h11-13,19-20,30H,5-10,14H2,1-4H3,(H,28,33)/t19-,20-/m0/s1. The monoisotopic (exact) mass is 564 g/mol. The number of aromatic nitrogens is 1. The Morgan fingerprint density at radius 3 is 2.58 bits per heavy atom. The fourth-order valence-corrected chi connectivity index (χ4v) is 5.14. The smallest absolute Gasteiger partial charge is 0.294 e. The Labute approximate surface area is 209 Å². The van der Waals surface area contributed by atoms with Gasteiger partial charge in [-0.05, 0) is 105 Å². The Bertz CT molecular complexity index is 1070. The fourth-order valence-electron chi connectivity index (χ4n) is 4.80. The van der Waals surface area contributed by atoms with Crippen molar-refractivity contribution in [3.63, 3.8) is 0 Å². The molecule has 6 nitrogen and oxygen atoms in total. The van der Waals surface area contributed by atoms with Crippen LogP contribution in [0.1, 0.15) is 81.8 Å². The molecule has 178 valence electrons. The summed E-state index contributed by atoms with van der Waals surface area (Å²) in [4.78, 5) is 38.7. The summed E-state index contributed by atoms with van der Waals surface area (Å²) in [6.07, 6.45) is 4.26. The van der Waals surface area contributed by atoms with Crippen LogP contribution in [-0.4, -0.2) is 39.3 Å². The molecule has 1 heterocycles. The van der Waals surface area contributed by atoms with E-state index in [-0.39, 0.29) is 17.5 Å². The molecule has 1 aromatic heterocycles. The van der Waals surface area contributed by atoms with Crippen molar-refractivity contribution in [1.29, 1.82) is 0 Å². The van der Waals surface area contributed by atoms with Crippen LogP contribution in [0.3, 0.4) is 0 Å². The number of nitrogens with zero attached hydrogens (tertiary/aromatic N) is 1. The van der Waals surface area contributed by atoms with Crippen molar-refractivity contribution in [2.75, 3.05) is 0 Å². The van der Waals surface area contributed by atoms with Gasteiger partial charge < -0.3 is 15.0 Å². The highest BCUT2D eigenvalue weighted by molar-refractivity contribution is 14.1. The van der Waals surface area contributed by atoms with Crippen molar-refractivity contribution in [2.45, 2.75) is 77.9 Å². The number of amides is 1. The van der Waals surface area contributed by atoms with Gasteiger partial charge in [-0.1, -0.05) is 12.1 Å². The molecule has 1 aliphatic carbocycles. The maximum Gasteiger partial charge on any atom is 0.294 e. The van der Waals surface area contributed by atoms with Gasteiger partial charge in [0.25, 0.3) is 11.7 Å². The molecule has 0 unspecified atom stereocenters. The van der Waals surface area contributed by atoms with Crippen molar-refractivity contribution in [3.05, 3.63) is 55.4 Å². The highest BCUT2D eigenvalue weighted by atomic mass is 127. The third kappa shape index (κ3) is 5.93. The molecule has 0 bridgehead atoms. The lowest BCUT2D eigenvalue weighted by Crippen LogP contribution is -2.43. The third-order valence-electron chi connectivity index (χ3n) is 6.70. The summed E-state index contributed by atoms with van der Waals surface area (Å²) in [5.41, 5.74) is 4.51. The Kier molecular flexibility index (Phi) is 8.50. The maximum absolute atomic E-state index is 13.1. The lowest BCUT2D eigenvalue weighted by atomic mass is 9.93. The zero-order valence-corrected chi connectivity index (χ0v) is 22.0. The molecule has 2 N–H and O–H groups in total. The molecule has 1 aliphatic rings. The van der Waals surface area contributed by atoms with Crippen molar-refractivity contribution in [2.24, 2.45) is 7.05 Å². The van der Waals surface area contributed by atoms with E-state index in [1.54, 1.807) is 18.5 Å². The number of hydrogen-bond acceptors (Lipinski definition) is 4. The van der Waals surface area contributed by atoms with Crippen LogP contribution >= 0.6 is 22.6 Å². The molecule has 0 aliphatic heterocycles.